The molecule has 1 unspecified atom stereocenters. The highest BCUT2D eigenvalue weighted by Crippen LogP contribution is 2.35. The average Bonchev–Trinajstić information content (AvgIpc) is 3.09. The normalized spacial score (nSPS) is 14.4. The predicted molar refractivity (Wildman–Crippen MR) is 118 cm³/mol. The van der Waals surface area contributed by atoms with Gasteiger partial charge in [0.2, 0.25) is 0 Å². The zero-order valence-electron chi connectivity index (χ0n) is 15.8. The molecule has 0 radical (unpaired) electrons. The van der Waals surface area contributed by atoms with Crippen molar-refractivity contribution < 1.29 is 9.47 Å². The molecule has 1 atom stereocenters. The fourth-order valence-electron chi connectivity index (χ4n) is 3.53. The number of anilines is 1. The lowest BCUT2D eigenvalue weighted by Gasteiger charge is -2.15. The summed E-state index contributed by atoms with van der Waals surface area (Å²) >= 11 is 1.54. The molecule has 0 amide bonds. The Labute approximate surface area is 173 Å². The zero-order chi connectivity index (χ0) is 19.6. The number of hydrogen-bond acceptors (Lipinski definition) is 6. The van der Waals surface area contributed by atoms with E-state index in [9.17, 15) is 0 Å². The summed E-state index contributed by atoms with van der Waals surface area (Å²) < 4.78 is 11.5. The number of nitrogens with zero attached hydrogens (tertiary/aromatic N) is 1. The van der Waals surface area contributed by atoms with Crippen molar-refractivity contribution in [3.05, 3.63) is 71.6 Å². The maximum Gasteiger partial charge on any atom is 0.184 e. The van der Waals surface area contributed by atoms with Gasteiger partial charge in [0, 0.05) is 17.4 Å². The van der Waals surface area contributed by atoms with Gasteiger partial charge >= 0.3 is 0 Å². The Hall–Kier alpha value is -3.09. The SMILES string of the molecule is NC(Nc1nc(-c2ccc3c(c2)OCCCO3)cs1)c1cccc2ccccc12. The molecule has 3 N–H and O–H groups in total. The van der Waals surface area contributed by atoms with E-state index in [2.05, 4.69) is 29.6 Å². The third-order valence-corrected chi connectivity index (χ3v) is 5.76. The van der Waals surface area contributed by atoms with Crippen LogP contribution in [0.4, 0.5) is 5.13 Å². The van der Waals surface area contributed by atoms with Crippen LogP contribution in [0.2, 0.25) is 0 Å². The number of hydrogen-bond donors (Lipinski definition) is 2. The summed E-state index contributed by atoms with van der Waals surface area (Å²) in [4.78, 5) is 4.73. The van der Waals surface area contributed by atoms with Crippen molar-refractivity contribution in [2.24, 2.45) is 5.73 Å². The fourth-order valence-corrected chi connectivity index (χ4v) is 4.29. The van der Waals surface area contributed by atoms with Crippen LogP contribution in [0.1, 0.15) is 18.2 Å². The smallest absolute Gasteiger partial charge is 0.184 e. The molecule has 4 aromatic rings. The fraction of sp³-hybridized carbons (Fsp3) is 0.174. The maximum atomic E-state index is 6.47. The Morgan fingerprint density at radius 1 is 0.966 bits per heavy atom. The first kappa shape index (κ1) is 18.0. The van der Waals surface area contributed by atoms with Crippen LogP contribution in [-0.4, -0.2) is 18.2 Å². The lowest BCUT2D eigenvalue weighted by molar-refractivity contribution is 0.297. The van der Waals surface area contributed by atoms with Crippen molar-refractivity contribution in [3.8, 4) is 22.8 Å². The third-order valence-electron chi connectivity index (χ3n) is 4.98. The molecule has 0 saturated carbocycles. The minimum atomic E-state index is -0.344. The van der Waals surface area contributed by atoms with Gasteiger partial charge in [-0.05, 0) is 34.5 Å². The summed E-state index contributed by atoms with van der Waals surface area (Å²) in [5.41, 5.74) is 9.40. The topological polar surface area (TPSA) is 69.4 Å². The average molecular weight is 404 g/mol. The van der Waals surface area contributed by atoms with Gasteiger partial charge in [-0.25, -0.2) is 4.98 Å². The zero-order valence-corrected chi connectivity index (χ0v) is 16.6. The van der Waals surface area contributed by atoms with Gasteiger partial charge in [0.15, 0.2) is 16.6 Å². The van der Waals surface area contributed by atoms with Gasteiger partial charge in [0.05, 0.1) is 18.9 Å². The quantitative estimate of drug-likeness (QED) is 0.459. The summed E-state index contributed by atoms with van der Waals surface area (Å²) in [6.07, 6.45) is 0.546. The molecule has 2 heterocycles. The Morgan fingerprint density at radius 3 is 2.72 bits per heavy atom. The second kappa shape index (κ2) is 7.73. The monoisotopic (exact) mass is 403 g/mol. The highest BCUT2D eigenvalue weighted by atomic mass is 32.1. The molecule has 0 bridgehead atoms. The third kappa shape index (κ3) is 3.64. The lowest BCUT2D eigenvalue weighted by atomic mass is 10.0. The first-order valence-corrected chi connectivity index (χ1v) is 10.5. The molecule has 1 aliphatic rings. The van der Waals surface area contributed by atoms with Crippen LogP contribution in [0.25, 0.3) is 22.0 Å². The van der Waals surface area contributed by atoms with E-state index in [4.69, 9.17) is 20.2 Å². The molecule has 146 valence electrons. The summed E-state index contributed by atoms with van der Waals surface area (Å²) in [5.74, 6) is 1.56. The Morgan fingerprint density at radius 2 is 1.79 bits per heavy atom. The number of aromatic nitrogens is 1. The maximum absolute atomic E-state index is 6.47. The van der Waals surface area contributed by atoms with Gasteiger partial charge in [0.25, 0.3) is 0 Å². The number of benzene rings is 3. The number of nitrogens with one attached hydrogen (secondary N) is 1. The summed E-state index contributed by atoms with van der Waals surface area (Å²) in [5, 5.41) is 8.48. The second-order valence-corrected chi connectivity index (χ2v) is 7.80. The van der Waals surface area contributed by atoms with Crippen molar-refractivity contribution in [1.29, 1.82) is 0 Å². The summed E-state index contributed by atoms with van der Waals surface area (Å²) in [6.45, 7) is 1.35. The molecular weight excluding hydrogens is 382 g/mol. The summed E-state index contributed by atoms with van der Waals surface area (Å²) in [6, 6.07) is 20.4. The van der Waals surface area contributed by atoms with E-state index >= 15 is 0 Å². The van der Waals surface area contributed by atoms with Crippen LogP contribution < -0.4 is 20.5 Å². The molecule has 1 aromatic heterocycles. The van der Waals surface area contributed by atoms with Crippen LogP contribution in [0.15, 0.2) is 66.0 Å². The van der Waals surface area contributed by atoms with Crippen molar-refractivity contribution in [3.63, 3.8) is 0 Å². The van der Waals surface area contributed by atoms with E-state index in [1.807, 2.05) is 41.8 Å². The molecule has 29 heavy (non-hydrogen) atoms. The van der Waals surface area contributed by atoms with Crippen molar-refractivity contribution in [2.75, 3.05) is 18.5 Å². The molecule has 0 fully saturated rings. The first-order valence-electron chi connectivity index (χ1n) is 9.63. The predicted octanol–water partition coefficient (Wildman–Crippen LogP) is 5.19. The van der Waals surface area contributed by atoms with E-state index in [1.54, 1.807) is 0 Å². The molecule has 0 saturated heterocycles. The number of rotatable bonds is 4. The van der Waals surface area contributed by atoms with E-state index in [-0.39, 0.29) is 6.17 Å². The number of thiazole rings is 1. The standard InChI is InChI=1S/C23H21N3O2S/c24-22(18-8-3-6-15-5-1-2-7-17(15)18)26-23-25-19(14-29-23)16-9-10-20-21(13-16)28-12-4-11-27-20/h1-3,5-10,13-14,22H,4,11-12,24H2,(H,25,26). The molecule has 1 aliphatic heterocycles. The van der Waals surface area contributed by atoms with Crippen LogP contribution in [0, 0.1) is 0 Å². The number of ether oxygens (including phenoxy) is 2. The molecule has 3 aromatic carbocycles. The van der Waals surface area contributed by atoms with Gasteiger partial charge in [0.1, 0.15) is 6.17 Å². The highest BCUT2D eigenvalue weighted by molar-refractivity contribution is 7.14. The molecule has 0 aliphatic carbocycles. The molecule has 6 heteroatoms. The lowest BCUT2D eigenvalue weighted by Crippen LogP contribution is -2.20. The van der Waals surface area contributed by atoms with Gasteiger partial charge in [-0.3, -0.25) is 0 Å². The van der Waals surface area contributed by atoms with E-state index in [0.717, 1.165) is 45.3 Å². The summed E-state index contributed by atoms with van der Waals surface area (Å²) in [7, 11) is 0. The van der Waals surface area contributed by atoms with E-state index < -0.39 is 0 Å². The van der Waals surface area contributed by atoms with Gasteiger partial charge in [-0.1, -0.05) is 42.5 Å². The minimum absolute atomic E-state index is 0.344. The van der Waals surface area contributed by atoms with E-state index in [1.165, 1.54) is 16.7 Å². The number of nitrogens with two attached hydrogens (primary N) is 1. The van der Waals surface area contributed by atoms with Crippen LogP contribution >= 0.6 is 11.3 Å². The van der Waals surface area contributed by atoms with Gasteiger partial charge in [-0.15, -0.1) is 11.3 Å². The minimum Gasteiger partial charge on any atom is -0.490 e. The first-order chi connectivity index (χ1) is 14.3. The van der Waals surface area contributed by atoms with Gasteiger partial charge in [-0.2, -0.15) is 0 Å². The Bertz CT molecular complexity index is 1150. The second-order valence-electron chi connectivity index (χ2n) is 6.94. The van der Waals surface area contributed by atoms with Crippen molar-refractivity contribution in [1.82, 2.24) is 4.98 Å². The van der Waals surface area contributed by atoms with Crippen molar-refractivity contribution >= 4 is 27.2 Å². The number of fused-ring (bicyclic) bond motifs is 2. The largest absolute Gasteiger partial charge is 0.490 e. The van der Waals surface area contributed by atoms with Crippen LogP contribution in [0.3, 0.4) is 0 Å². The highest BCUT2D eigenvalue weighted by Gasteiger charge is 2.15. The molecule has 5 rings (SSSR count). The van der Waals surface area contributed by atoms with Crippen molar-refractivity contribution in [2.45, 2.75) is 12.6 Å². The molecule has 0 spiro atoms. The molecular formula is C23H21N3O2S. The Balaban J connectivity index is 1.38. The van der Waals surface area contributed by atoms with E-state index in [0.29, 0.717) is 13.2 Å². The van der Waals surface area contributed by atoms with Gasteiger partial charge < -0.3 is 20.5 Å². The van der Waals surface area contributed by atoms with Crippen LogP contribution in [-0.2, 0) is 0 Å². The van der Waals surface area contributed by atoms with Crippen LogP contribution in [0.5, 0.6) is 11.5 Å². The Kier molecular flexibility index (Phi) is 4.79. The molecule has 5 nitrogen and oxygen atoms in total.